The third kappa shape index (κ3) is 4.59. The highest BCUT2D eigenvalue weighted by Crippen LogP contribution is 2.44. The minimum Gasteiger partial charge on any atom is -0.477 e. The molecular weight excluding hydrogens is 410 g/mol. The number of alkyl carbamates (subject to hydrolysis) is 1. The number of pyridine rings is 1. The van der Waals surface area contributed by atoms with E-state index in [1.165, 1.54) is 18.3 Å². The molecule has 8 heteroatoms. The van der Waals surface area contributed by atoms with Crippen LogP contribution in [0.5, 0.6) is 0 Å². The molecule has 0 spiro atoms. The van der Waals surface area contributed by atoms with Gasteiger partial charge in [0.2, 0.25) is 5.91 Å². The lowest BCUT2D eigenvalue weighted by Gasteiger charge is -2.14. The van der Waals surface area contributed by atoms with Crippen LogP contribution in [0.2, 0.25) is 0 Å². The van der Waals surface area contributed by atoms with Crippen LogP contribution >= 0.6 is 0 Å². The van der Waals surface area contributed by atoms with Crippen LogP contribution in [0.4, 0.5) is 10.5 Å². The highest BCUT2D eigenvalue weighted by molar-refractivity contribution is 5.91. The van der Waals surface area contributed by atoms with Gasteiger partial charge in [-0.15, -0.1) is 0 Å². The second-order valence-corrected chi connectivity index (χ2v) is 7.29. The Hall–Kier alpha value is -4.20. The van der Waals surface area contributed by atoms with Crippen LogP contribution in [-0.2, 0) is 9.53 Å². The molecule has 0 unspecified atom stereocenters. The number of carbonyl (C=O) groups is 3. The molecule has 32 heavy (non-hydrogen) atoms. The van der Waals surface area contributed by atoms with E-state index in [9.17, 15) is 14.4 Å². The Morgan fingerprint density at radius 1 is 0.938 bits per heavy atom. The summed E-state index contributed by atoms with van der Waals surface area (Å²) in [4.78, 5) is 38.7. The molecule has 1 aromatic heterocycles. The first kappa shape index (κ1) is 21.0. The Bertz CT molecular complexity index is 1110. The van der Waals surface area contributed by atoms with E-state index in [1.807, 2.05) is 36.4 Å². The Kier molecular flexibility index (Phi) is 6.12. The summed E-state index contributed by atoms with van der Waals surface area (Å²) in [6, 6.07) is 18.9. The zero-order valence-electron chi connectivity index (χ0n) is 17.1. The number of aromatic carboxylic acids is 1. The van der Waals surface area contributed by atoms with E-state index in [0.29, 0.717) is 5.69 Å². The fraction of sp³-hybridized carbons (Fsp3) is 0.167. The van der Waals surface area contributed by atoms with Crippen molar-refractivity contribution in [2.45, 2.75) is 12.3 Å². The van der Waals surface area contributed by atoms with Crippen LogP contribution in [0.1, 0.15) is 34.0 Å². The van der Waals surface area contributed by atoms with Crippen molar-refractivity contribution < 1.29 is 24.2 Å². The SMILES string of the molecule is O=C(CCNC(=O)OCC1c2ccccc2-c2ccccc21)Nc1ccc(C(=O)O)nc1. The average molecular weight is 431 g/mol. The normalized spacial score (nSPS) is 11.9. The van der Waals surface area contributed by atoms with Gasteiger partial charge in [-0.2, -0.15) is 0 Å². The molecule has 8 nitrogen and oxygen atoms in total. The van der Waals surface area contributed by atoms with E-state index in [0.717, 1.165) is 22.3 Å². The highest BCUT2D eigenvalue weighted by Gasteiger charge is 2.28. The van der Waals surface area contributed by atoms with Crippen LogP contribution < -0.4 is 10.6 Å². The lowest BCUT2D eigenvalue weighted by atomic mass is 9.98. The maximum absolute atomic E-state index is 12.1. The summed E-state index contributed by atoms with van der Waals surface area (Å²) in [7, 11) is 0. The molecule has 4 rings (SSSR count). The molecule has 3 N–H and O–H groups in total. The van der Waals surface area contributed by atoms with Gasteiger partial charge in [-0.1, -0.05) is 48.5 Å². The van der Waals surface area contributed by atoms with Crippen molar-refractivity contribution in [2.75, 3.05) is 18.5 Å². The van der Waals surface area contributed by atoms with E-state index in [4.69, 9.17) is 9.84 Å². The maximum atomic E-state index is 12.1. The summed E-state index contributed by atoms with van der Waals surface area (Å²) in [5.74, 6) is -1.51. The van der Waals surface area contributed by atoms with Gasteiger partial charge >= 0.3 is 12.1 Å². The van der Waals surface area contributed by atoms with Gasteiger partial charge in [0.15, 0.2) is 0 Å². The summed E-state index contributed by atoms with van der Waals surface area (Å²) in [5.41, 5.74) is 4.83. The van der Waals surface area contributed by atoms with Crippen molar-refractivity contribution in [1.82, 2.24) is 10.3 Å². The predicted octanol–water partition coefficient (Wildman–Crippen LogP) is 3.65. The molecule has 2 amide bonds. The second kappa shape index (κ2) is 9.30. The predicted molar refractivity (Wildman–Crippen MR) is 118 cm³/mol. The minimum atomic E-state index is -1.14. The molecular formula is C24H21N3O5. The molecule has 0 fully saturated rings. The van der Waals surface area contributed by atoms with Crippen molar-refractivity contribution in [3.8, 4) is 11.1 Å². The lowest BCUT2D eigenvalue weighted by Crippen LogP contribution is -2.29. The number of ether oxygens (including phenoxy) is 1. The molecule has 3 aromatic rings. The van der Waals surface area contributed by atoms with Gasteiger partial charge in [0.1, 0.15) is 12.3 Å². The molecule has 1 heterocycles. The second-order valence-electron chi connectivity index (χ2n) is 7.29. The van der Waals surface area contributed by atoms with Crippen molar-refractivity contribution in [3.05, 3.63) is 83.7 Å². The third-order valence-electron chi connectivity index (χ3n) is 5.23. The first-order valence-corrected chi connectivity index (χ1v) is 10.1. The van der Waals surface area contributed by atoms with Crippen molar-refractivity contribution in [2.24, 2.45) is 0 Å². The Morgan fingerprint density at radius 3 is 2.19 bits per heavy atom. The number of hydrogen-bond donors (Lipinski definition) is 3. The van der Waals surface area contributed by atoms with Gasteiger partial charge < -0.3 is 20.5 Å². The van der Waals surface area contributed by atoms with Gasteiger partial charge in [0.05, 0.1) is 11.9 Å². The average Bonchev–Trinajstić information content (AvgIpc) is 3.12. The van der Waals surface area contributed by atoms with E-state index in [2.05, 4.69) is 27.8 Å². The van der Waals surface area contributed by atoms with Gasteiger partial charge in [-0.25, -0.2) is 14.6 Å². The van der Waals surface area contributed by atoms with Gasteiger partial charge in [-0.3, -0.25) is 4.79 Å². The minimum absolute atomic E-state index is 0.0299. The van der Waals surface area contributed by atoms with E-state index in [1.54, 1.807) is 0 Å². The zero-order chi connectivity index (χ0) is 22.5. The summed E-state index contributed by atoms with van der Waals surface area (Å²) in [6.45, 7) is 0.302. The van der Waals surface area contributed by atoms with E-state index in [-0.39, 0.29) is 37.1 Å². The van der Waals surface area contributed by atoms with Crippen molar-refractivity contribution in [1.29, 1.82) is 0 Å². The number of benzene rings is 2. The number of carbonyl (C=O) groups excluding carboxylic acids is 2. The Labute approximate surface area is 184 Å². The number of carboxylic acid groups (broad SMARTS) is 1. The van der Waals surface area contributed by atoms with Gasteiger partial charge in [0.25, 0.3) is 0 Å². The van der Waals surface area contributed by atoms with Crippen molar-refractivity contribution >= 4 is 23.7 Å². The number of rotatable bonds is 7. The molecule has 0 saturated heterocycles. The summed E-state index contributed by atoms with van der Waals surface area (Å²) in [5, 5.41) is 14.0. The molecule has 0 radical (unpaired) electrons. The molecule has 0 aliphatic heterocycles. The number of nitrogens with zero attached hydrogens (tertiary/aromatic N) is 1. The summed E-state index contributed by atoms with van der Waals surface area (Å²) in [6.07, 6.45) is 0.706. The Morgan fingerprint density at radius 2 is 1.59 bits per heavy atom. The van der Waals surface area contributed by atoms with Crippen molar-refractivity contribution in [3.63, 3.8) is 0 Å². The number of carboxylic acids is 1. The van der Waals surface area contributed by atoms with Crippen LogP contribution in [-0.4, -0.2) is 41.2 Å². The number of fused-ring (bicyclic) bond motifs is 3. The molecule has 0 bridgehead atoms. The van der Waals surface area contributed by atoms with Crippen LogP contribution in [0, 0.1) is 0 Å². The lowest BCUT2D eigenvalue weighted by molar-refractivity contribution is -0.116. The molecule has 2 aromatic carbocycles. The first-order chi connectivity index (χ1) is 15.5. The number of anilines is 1. The highest BCUT2D eigenvalue weighted by atomic mass is 16.5. The maximum Gasteiger partial charge on any atom is 0.407 e. The fourth-order valence-electron chi connectivity index (χ4n) is 3.75. The number of amides is 2. The smallest absolute Gasteiger partial charge is 0.407 e. The third-order valence-corrected chi connectivity index (χ3v) is 5.23. The zero-order valence-corrected chi connectivity index (χ0v) is 17.1. The summed E-state index contributed by atoms with van der Waals surface area (Å²) >= 11 is 0. The molecule has 162 valence electrons. The van der Waals surface area contributed by atoms with Crippen LogP contribution in [0.15, 0.2) is 66.9 Å². The summed E-state index contributed by atoms with van der Waals surface area (Å²) < 4.78 is 5.43. The number of hydrogen-bond acceptors (Lipinski definition) is 5. The fourth-order valence-corrected chi connectivity index (χ4v) is 3.75. The Balaban J connectivity index is 1.24. The molecule has 1 aliphatic carbocycles. The number of aromatic nitrogens is 1. The first-order valence-electron chi connectivity index (χ1n) is 10.1. The standard InChI is InChI=1S/C24H21N3O5/c28-22(27-15-9-10-21(23(29)30)26-13-15)11-12-25-24(31)32-14-20-18-7-3-1-5-16(18)17-6-2-4-8-19(17)20/h1-10,13,20H,11-12,14H2,(H,25,31)(H,27,28)(H,29,30). The van der Waals surface area contributed by atoms with Crippen LogP contribution in [0.3, 0.4) is 0 Å². The van der Waals surface area contributed by atoms with E-state index < -0.39 is 12.1 Å². The molecule has 0 atom stereocenters. The van der Waals surface area contributed by atoms with E-state index >= 15 is 0 Å². The quantitative estimate of drug-likeness (QED) is 0.526. The van der Waals surface area contributed by atoms with Crippen LogP contribution in [0.25, 0.3) is 11.1 Å². The largest absolute Gasteiger partial charge is 0.477 e. The van der Waals surface area contributed by atoms with Gasteiger partial charge in [0, 0.05) is 18.9 Å². The topological polar surface area (TPSA) is 118 Å². The molecule has 0 saturated carbocycles. The van der Waals surface area contributed by atoms with Gasteiger partial charge in [-0.05, 0) is 34.4 Å². The number of nitrogens with one attached hydrogen (secondary N) is 2. The molecule has 1 aliphatic rings. The monoisotopic (exact) mass is 431 g/mol.